The smallest absolute Gasteiger partial charge is 0.305 e. The van der Waals surface area contributed by atoms with Crippen LogP contribution in [0.3, 0.4) is 0 Å². The van der Waals surface area contributed by atoms with Crippen LogP contribution in [0.4, 0.5) is 0 Å². The molecule has 3 heteroatoms. The van der Waals surface area contributed by atoms with Crippen molar-refractivity contribution in [2.75, 3.05) is 0 Å². The summed E-state index contributed by atoms with van der Waals surface area (Å²) in [5.41, 5.74) is 0. The van der Waals surface area contributed by atoms with Crippen molar-refractivity contribution in [3.05, 3.63) is 0 Å². The first-order valence-corrected chi connectivity index (χ1v) is 5.00. The number of unbranched alkanes of at least 4 members (excludes halogenated alkanes) is 4. The summed E-state index contributed by atoms with van der Waals surface area (Å²) in [5, 5.41) is 10.9. The zero-order valence-electron chi connectivity index (χ0n) is 8.54. The number of ether oxygens (including phenoxy) is 1. The summed E-state index contributed by atoms with van der Waals surface area (Å²) in [7, 11) is 0. The molecule has 0 aromatic carbocycles. The molecule has 0 amide bonds. The van der Waals surface area contributed by atoms with E-state index in [1.807, 2.05) is 0 Å². The maximum Gasteiger partial charge on any atom is 0.305 e. The van der Waals surface area contributed by atoms with Gasteiger partial charge in [-0.2, -0.15) is 5.11 Å². The highest BCUT2D eigenvalue weighted by molar-refractivity contribution is 5.65. The predicted molar refractivity (Wildman–Crippen MR) is 49.6 cm³/mol. The topological polar surface area (TPSA) is 46.2 Å². The Labute approximate surface area is 80.1 Å². The van der Waals surface area contributed by atoms with Crippen LogP contribution >= 0.6 is 0 Å². The Morgan fingerprint density at radius 3 is 2.38 bits per heavy atom. The van der Waals surface area contributed by atoms with E-state index in [2.05, 4.69) is 11.7 Å². The van der Waals surface area contributed by atoms with Gasteiger partial charge in [-0.25, -0.2) is 0 Å². The fourth-order valence-electron chi connectivity index (χ4n) is 1.16. The zero-order valence-corrected chi connectivity index (χ0v) is 8.54. The lowest BCUT2D eigenvalue weighted by Gasteiger charge is -2.07. The third-order valence-corrected chi connectivity index (χ3v) is 1.84. The van der Waals surface area contributed by atoms with Crippen molar-refractivity contribution in [3.8, 4) is 0 Å². The number of carbonyl (C=O) groups excluding carboxylic acids is 1. The quantitative estimate of drug-likeness (QED) is 0.349. The lowest BCUT2D eigenvalue weighted by molar-refractivity contribution is -0.177. The standard InChI is InChI=1S/C10H19O3/c1-3-4-5-6-7-8-10(12)13-9(2)11/h10H,3-8H2,1-2H3. The third kappa shape index (κ3) is 9.34. The van der Waals surface area contributed by atoms with E-state index in [0.717, 1.165) is 12.8 Å². The van der Waals surface area contributed by atoms with Gasteiger partial charge in [-0.1, -0.05) is 32.6 Å². The SMILES string of the molecule is CCCCCCCC([O])OC(C)=O. The van der Waals surface area contributed by atoms with Crippen LogP contribution in [0.5, 0.6) is 0 Å². The van der Waals surface area contributed by atoms with Crippen LogP contribution in [-0.4, -0.2) is 12.3 Å². The average Bonchev–Trinajstić information content (AvgIpc) is 2.02. The highest BCUT2D eigenvalue weighted by atomic mass is 16.6. The first-order chi connectivity index (χ1) is 6.16. The van der Waals surface area contributed by atoms with Gasteiger partial charge in [0, 0.05) is 13.3 Å². The van der Waals surface area contributed by atoms with E-state index in [0.29, 0.717) is 6.42 Å². The fourth-order valence-corrected chi connectivity index (χ4v) is 1.16. The molecule has 0 fully saturated rings. The molecule has 0 spiro atoms. The molecule has 0 N–H and O–H groups in total. The van der Waals surface area contributed by atoms with Gasteiger partial charge in [0.25, 0.3) is 0 Å². The molecule has 0 saturated carbocycles. The van der Waals surface area contributed by atoms with Crippen LogP contribution in [0.15, 0.2) is 0 Å². The molecule has 0 saturated heterocycles. The van der Waals surface area contributed by atoms with Gasteiger partial charge in [-0.3, -0.25) is 4.79 Å². The molecule has 3 nitrogen and oxygen atoms in total. The van der Waals surface area contributed by atoms with Crippen molar-refractivity contribution in [3.63, 3.8) is 0 Å². The summed E-state index contributed by atoms with van der Waals surface area (Å²) < 4.78 is 4.46. The molecule has 0 aromatic heterocycles. The van der Waals surface area contributed by atoms with Gasteiger partial charge in [-0.15, -0.1) is 0 Å². The highest BCUT2D eigenvalue weighted by Gasteiger charge is 2.07. The van der Waals surface area contributed by atoms with E-state index in [1.165, 1.54) is 26.2 Å². The molecule has 13 heavy (non-hydrogen) atoms. The molecular weight excluding hydrogens is 168 g/mol. The van der Waals surface area contributed by atoms with Crippen molar-refractivity contribution < 1.29 is 14.6 Å². The van der Waals surface area contributed by atoms with Crippen LogP contribution in [0.1, 0.15) is 52.4 Å². The van der Waals surface area contributed by atoms with Crippen LogP contribution in [0, 0.1) is 0 Å². The van der Waals surface area contributed by atoms with Crippen LogP contribution in [-0.2, 0) is 14.6 Å². The van der Waals surface area contributed by atoms with E-state index in [4.69, 9.17) is 0 Å². The molecule has 0 bridgehead atoms. The number of hydrogen-bond acceptors (Lipinski definition) is 2. The summed E-state index contributed by atoms with van der Waals surface area (Å²) in [6.45, 7) is 3.41. The van der Waals surface area contributed by atoms with Gasteiger partial charge in [0.05, 0.1) is 0 Å². The Bertz CT molecular complexity index is 134. The lowest BCUT2D eigenvalue weighted by atomic mass is 10.1. The molecule has 1 atom stereocenters. The van der Waals surface area contributed by atoms with Crippen LogP contribution < -0.4 is 0 Å². The second kappa shape index (κ2) is 8.05. The Morgan fingerprint density at radius 1 is 1.23 bits per heavy atom. The molecule has 0 rings (SSSR count). The molecule has 1 radical (unpaired) electrons. The molecule has 0 heterocycles. The Kier molecular flexibility index (Phi) is 7.69. The number of carbonyl (C=O) groups is 1. The normalized spacial score (nSPS) is 12.5. The largest absolute Gasteiger partial charge is 0.433 e. The Balaban J connectivity index is 3.17. The minimum Gasteiger partial charge on any atom is -0.433 e. The molecule has 0 aliphatic carbocycles. The number of esters is 1. The minimum atomic E-state index is -1.15. The van der Waals surface area contributed by atoms with E-state index in [1.54, 1.807) is 0 Å². The van der Waals surface area contributed by atoms with E-state index in [9.17, 15) is 9.90 Å². The molecule has 0 aromatic rings. The first kappa shape index (κ1) is 12.4. The molecule has 0 aliphatic heterocycles. The highest BCUT2D eigenvalue weighted by Crippen LogP contribution is 2.08. The van der Waals surface area contributed by atoms with E-state index < -0.39 is 12.3 Å². The number of hydrogen-bond donors (Lipinski definition) is 0. The molecule has 77 valence electrons. The van der Waals surface area contributed by atoms with Gasteiger partial charge in [0.1, 0.15) is 0 Å². The van der Waals surface area contributed by atoms with Crippen molar-refractivity contribution in [1.29, 1.82) is 0 Å². The second-order valence-electron chi connectivity index (χ2n) is 3.24. The summed E-state index contributed by atoms with van der Waals surface area (Å²) in [6, 6.07) is 0. The zero-order chi connectivity index (χ0) is 10.1. The van der Waals surface area contributed by atoms with Crippen molar-refractivity contribution >= 4 is 5.97 Å². The third-order valence-electron chi connectivity index (χ3n) is 1.84. The summed E-state index contributed by atoms with van der Waals surface area (Å²) >= 11 is 0. The van der Waals surface area contributed by atoms with E-state index >= 15 is 0 Å². The van der Waals surface area contributed by atoms with Crippen molar-refractivity contribution in [2.45, 2.75) is 58.7 Å². The average molecular weight is 187 g/mol. The summed E-state index contributed by atoms with van der Waals surface area (Å²) in [5.74, 6) is -0.478. The van der Waals surface area contributed by atoms with E-state index in [-0.39, 0.29) is 0 Å². The maximum absolute atomic E-state index is 10.9. The Morgan fingerprint density at radius 2 is 1.85 bits per heavy atom. The fraction of sp³-hybridized carbons (Fsp3) is 0.900. The van der Waals surface area contributed by atoms with Gasteiger partial charge >= 0.3 is 5.97 Å². The monoisotopic (exact) mass is 187 g/mol. The van der Waals surface area contributed by atoms with Crippen molar-refractivity contribution in [2.24, 2.45) is 0 Å². The van der Waals surface area contributed by atoms with Crippen LogP contribution in [0.25, 0.3) is 0 Å². The molecule has 0 aliphatic rings. The summed E-state index contributed by atoms with van der Waals surface area (Å²) in [4.78, 5) is 10.4. The van der Waals surface area contributed by atoms with Gasteiger partial charge in [-0.05, 0) is 6.42 Å². The molecular formula is C10H19O3. The van der Waals surface area contributed by atoms with Gasteiger partial charge < -0.3 is 4.74 Å². The van der Waals surface area contributed by atoms with Crippen molar-refractivity contribution in [1.82, 2.24) is 0 Å². The lowest BCUT2D eigenvalue weighted by Crippen LogP contribution is -2.13. The van der Waals surface area contributed by atoms with Gasteiger partial charge in [0.15, 0.2) is 0 Å². The molecule has 1 unspecified atom stereocenters. The first-order valence-electron chi connectivity index (χ1n) is 5.00. The van der Waals surface area contributed by atoms with Crippen LogP contribution in [0.2, 0.25) is 0 Å². The summed E-state index contributed by atoms with van der Waals surface area (Å²) in [6.07, 6.45) is 4.81. The number of rotatable bonds is 7. The second-order valence-corrected chi connectivity index (χ2v) is 3.24. The predicted octanol–water partition coefficient (Wildman–Crippen LogP) is 2.67. The minimum absolute atomic E-state index is 0.448. The maximum atomic E-state index is 10.9. The Hall–Kier alpha value is -0.570. The van der Waals surface area contributed by atoms with Gasteiger partial charge in [0.2, 0.25) is 6.29 Å².